The van der Waals surface area contributed by atoms with E-state index in [-0.39, 0.29) is 47.9 Å². The minimum atomic E-state index is -1.10. The third-order valence-corrected chi connectivity index (χ3v) is 7.29. The van der Waals surface area contributed by atoms with E-state index in [1.54, 1.807) is 18.2 Å². The number of carboxylic acids is 1. The van der Waals surface area contributed by atoms with Crippen molar-refractivity contribution >= 4 is 5.97 Å². The van der Waals surface area contributed by atoms with Crippen LogP contribution < -0.4 is 9.47 Å². The molecule has 39 heavy (non-hydrogen) atoms. The summed E-state index contributed by atoms with van der Waals surface area (Å²) in [5.74, 6) is -2.45. The fourth-order valence-electron chi connectivity index (χ4n) is 5.28. The average Bonchev–Trinajstić information content (AvgIpc) is 3.28. The van der Waals surface area contributed by atoms with Gasteiger partial charge in [-0.1, -0.05) is 52.3 Å². The van der Waals surface area contributed by atoms with E-state index in [1.165, 1.54) is 13.2 Å². The van der Waals surface area contributed by atoms with Crippen molar-refractivity contribution in [1.29, 1.82) is 0 Å². The molecule has 1 aliphatic carbocycles. The maximum atomic E-state index is 15.0. The molecule has 4 rings (SSSR count). The van der Waals surface area contributed by atoms with Crippen molar-refractivity contribution in [2.45, 2.75) is 72.3 Å². The Labute approximate surface area is 228 Å². The number of rotatable bonds is 9. The summed E-state index contributed by atoms with van der Waals surface area (Å²) >= 11 is 0. The Balaban J connectivity index is 0.00000205. The summed E-state index contributed by atoms with van der Waals surface area (Å²) in [7, 11) is 1.54. The van der Waals surface area contributed by atoms with Crippen LogP contribution in [0.4, 0.5) is 13.2 Å². The number of aliphatic carboxylic acids is 1. The summed E-state index contributed by atoms with van der Waals surface area (Å²) in [5.41, 5.74) is 2.90. The molecule has 3 aromatic carbocycles. The normalized spacial score (nSPS) is 15.8. The number of hydrogen-bond donors (Lipinski definition) is 1. The van der Waals surface area contributed by atoms with E-state index in [4.69, 9.17) is 14.6 Å². The lowest BCUT2D eigenvalue weighted by molar-refractivity contribution is -0.136. The highest BCUT2D eigenvalue weighted by atomic mass is 19.1. The van der Waals surface area contributed by atoms with Crippen LogP contribution in [0.1, 0.15) is 76.0 Å². The van der Waals surface area contributed by atoms with Crippen LogP contribution in [0.25, 0.3) is 11.1 Å². The molecule has 0 bridgehead atoms. The molecule has 1 atom stereocenters. The summed E-state index contributed by atoms with van der Waals surface area (Å²) in [6.07, 6.45) is 2.61. The van der Waals surface area contributed by atoms with Crippen LogP contribution in [0.2, 0.25) is 0 Å². The Morgan fingerprint density at radius 1 is 1.03 bits per heavy atom. The van der Waals surface area contributed by atoms with Crippen LogP contribution in [0.5, 0.6) is 11.5 Å². The lowest BCUT2D eigenvalue weighted by Crippen LogP contribution is -2.17. The molecule has 0 amide bonds. The van der Waals surface area contributed by atoms with E-state index in [0.717, 1.165) is 48.1 Å². The lowest BCUT2D eigenvalue weighted by atomic mass is 9.75. The Hall–Kier alpha value is -3.48. The molecule has 210 valence electrons. The first-order chi connectivity index (χ1) is 18.6. The number of hydrogen-bond acceptors (Lipinski definition) is 3. The SMILES string of the molecule is CC.COc1ccc(F)c(-c2ccc(COc3cc(F)cc(CCC(=O)O)c3F)cc2C2CCCC2(C)C)c1. The van der Waals surface area contributed by atoms with Gasteiger partial charge in [0.2, 0.25) is 0 Å². The van der Waals surface area contributed by atoms with Crippen molar-refractivity contribution in [2.75, 3.05) is 7.11 Å². The van der Waals surface area contributed by atoms with Gasteiger partial charge < -0.3 is 14.6 Å². The molecule has 3 aromatic rings. The maximum absolute atomic E-state index is 15.0. The zero-order valence-corrected chi connectivity index (χ0v) is 23.2. The Morgan fingerprint density at radius 3 is 2.41 bits per heavy atom. The molecule has 0 heterocycles. The second-order valence-corrected chi connectivity index (χ2v) is 10.3. The molecule has 4 nitrogen and oxygen atoms in total. The van der Waals surface area contributed by atoms with Crippen molar-refractivity contribution in [3.8, 4) is 22.6 Å². The number of ether oxygens (including phenoxy) is 2. The van der Waals surface area contributed by atoms with E-state index in [9.17, 15) is 18.0 Å². The number of aryl methyl sites for hydroxylation is 1. The lowest BCUT2D eigenvalue weighted by Gasteiger charge is -2.30. The number of halogens is 3. The predicted molar refractivity (Wildman–Crippen MR) is 147 cm³/mol. The molecule has 1 saturated carbocycles. The summed E-state index contributed by atoms with van der Waals surface area (Å²) in [6, 6.07) is 12.2. The van der Waals surface area contributed by atoms with E-state index in [2.05, 4.69) is 13.8 Å². The molecular weight excluding hydrogens is 505 g/mol. The smallest absolute Gasteiger partial charge is 0.303 e. The van der Waals surface area contributed by atoms with Crippen LogP contribution in [0, 0.1) is 22.9 Å². The Morgan fingerprint density at radius 2 is 1.77 bits per heavy atom. The van der Waals surface area contributed by atoms with Gasteiger partial charge in [0.15, 0.2) is 11.6 Å². The zero-order chi connectivity index (χ0) is 28.7. The van der Waals surface area contributed by atoms with Crippen molar-refractivity contribution in [2.24, 2.45) is 5.41 Å². The first-order valence-electron chi connectivity index (χ1n) is 13.4. The van der Waals surface area contributed by atoms with Gasteiger partial charge in [-0.2, -0.15) is 0 Å². The first-order valence-corrected chi connectivity index (χ1v) is 13.4. The van der Waals surface area contributed by atoms with Crippen LogP contribution in [-0.2, 0) is 17.8 Å². The number of carbonyl (C=O) groups is 1. The second kappa shape index (κ2) is 13.0. The average molecular weight is 543 g/mol. The van der Waals surface area contributed by atoms with Crippen molar-refractivity contribution < 1.29 is 32.5 Å². The van der Waals surface area contributed by atoms with Gasteiger partial charge in [-0.25, -0.2) is 13.2 Å². The minimum absolute atomic E-state index is 0.0112. The highest BCUT2D eigenvalue weighted by molar-refractivity contribution is 5.71. The summed E-state index contributed by atoms with van der Waals surface area (Å²) in [4.78, 5) is 10.9. The van der Waals surface area contributed by atoms with Crippen molar-refractivity contribution in [3.63, 3.8) is 0 Å². The summed E-state index contributed by atoms with van der Waals surface area (Å²) in [6.45, 7) is 8.39. The molecule has 0 aliphatic heterocycles. The molecule has 1 aliphatic rings. The third kappa shape index (κ3) is 7.14. The highest BCUT2D eigenvalue weighted by Gasteiger charge is 2.37. The van der Waals surface area contributed by atoms with E-state index >= 15 is 0 Å². The molecule has 1 N–H and O–H groups in total. The molecular formula is C32H37F3O4. The molecule has 0 aromatic heterocycles. The molecule has 0 radical (unpaired) electrons. The third-order valence-electron chi connectivity index (χ3n) is 7.29. The predicted octanol–water partition coefficient (Wildman–Crippen LogP) is 8.70. The van der Waals surface area contributed by atoms with Gasteiger partial charge in [0.1, 0.15) is 24.0 Å². The standard InChI is InChI=1S/C30H31F3O4.C2H6/c1-30(2)12-4-5-25(30)23-13-18(6-9-22(23)24-16-21(36-3)8-10-26(24)32)17-37-27-15-20(31)14-19(29(27)33)7-11-28(34)35;1-2/h6,8-10,13-16,25H,4-5,7,11-12,17H2,1-3H3,(H,34,35);1-2H3. The van der Waals surface area contributed by atoms with Gasteiger partial charge in [0.05, 0.1) is 7.11 Å². The Kier molecular flexibility index (Phi) is 10.1. The molecule has 7 heteroatoms. The minimum Gasteiger partial charge on any atom is -0.497 e. The number of methoxy groups -OCH3 is 1. The zero-order valence-electron chi connectivity index (χ0n) is 23.2. The van der Waals surface area contributed by atoms with Crippen LogP contribution in [0.3, 0.4) is 0 Å². The number of carboxylic acid groups (broad SMARTS) is 1. The van der Waals surface area contributed by atoms with Gasteiger partial charge in [-0.15, -0.1) is 0 Å². The quantitative estimate of drug-likeness (QED) is 0.294. The second-order valence-electron chi connectivity index (χ2n) is 10.3. The summed E-state index contributed by atoms with van der Waals surface area (Å²) in [5, 5.41) is 8.88. The Bertz CT molecular complexity index is 1300. The van der Waals surface area contributed by atoms with E-state index in [1.807, 2.05) is 26.0 Å². The fourth-order valence-corrected chi connectivity index (χ4v) is 5.28. The molecule has 0 spiro atoms. The topological polar surface area (TPSA) is 55.8 Å². The highest BCUT2D eigenvalue weighted by Crippen LogP contribution is 2.51. The van der Waals surface area contributed by atoms with Gasteiger partial charge in [0.25, 0.3) is 0 Å². The van der Waals surface area contributed by atoms with Gasteiger partial charge >= 0.3 is 5.97 Å². The summed E-state index contributed by atoms with van der Waals surface area (Å²) < 4.78 is 55.0. The monoisotopic (exact) mass is 542 g/mol. The van der Waals surface area contributed by atoms with Gasteiger partial charge in [-0.3, -0.25) is 4.79 Å². The van der Waals surface area contributed by atoms with Crippen molar-refractivity contribution in [3.05, 3.63) is 82.7 Å². The molecule has 1 unspecified atom stereocenters. The van der Waals surface area contributed by atoms with Crippen LogP contribution >= 0.6 is 0 Å². The van der Waals surface area contributed by atoms with Gasteiger partial charge in [-0.05, 0) is 77.1 Å². The maximum Gasteiger partial charge on any atom is 0.303 e. The van der Waals surface area contributed by atoms with Crippen LogP contribution in [-0.4, -0.2) is 18.2 Å². The first kappa shape index (κ1) is 30.1. The largest absolute Gasteiger partial charge is 0.497 e. The van der Waals surface area contributed by atoms with E-state index < -0.39 is 17.6 Å². The number of benzene rings is 3. The van der Waals surface area contributed by atoms with E-state index in [0.29, 0.717) is 11.3 Å². The van der Waals surface area contributed by atoms with Crippen LogP contribution in [0.15, 0.2) is 48.5 Å². The van der Waals surface area contributed by atoms with Crippen molar-refractivity contribution in [1.82, 2.24) is 0 Å². The fraction of sp³-hybridized carbons (Fsp3) is 0.406. The molecule has 1 fully saturated rings. The van der Waals surface area contributed by atoms with Gasteiger partial charge in [0, 0.05) is 18.1 Å². The molecule has 0 saturated heterocycles.